The Labute approximate surface area is 166 Å². The Morgan fingerprint density at radius 1 is 0.793 bits per heavy atom. The molecule has 1 aliphatic heterocycles. The van der Waals surface area contributed by atoms with Crippen LogP contribution in [0.3, 0.4) is 0 Å². The van der Waals surface area contributed by atoms with E-state index >= 15 is 0 Å². The van der Waals surface area contributed by atoms with Gasteiger partial charge in [-0.15, -0.1) is 0 Å². The van der Waals surface area contributed by atoms with Crippen LogP contribution in [0.25, 0.3) is 0 Å². The summed E-state index contributed by atoms with van der Waals surface area (Å²) in [5.74, 6) is 0.837. The quantitative estimate of drug-likeness (QED) is 0.697. The molecule has 1 fully saturated rings. The van der Waals surface area contributed by atoms with Gasteiger partial charge in [0.2, 0.25) is 5.95 Å². The van der Waals surface area contributed by atoms with Gasteiger partial charge in [-0.05, 0) is 30.3 Å². The first-order valence-electron chi connectivity index (χ1n) is 9.32. The first-order chi connectivity index (χ1) is 14.0. The van der Waals surface area contributed by atoms with E-state index in [-0.39, 0.29) is 5.69 Å². The van der Waals surface area contributed by atoms with Crippen molar-refractivity contribution < 1.29 is 13.2 Å². The summed E-state index contributed by atoms with van der Waals surface area (Å²) in [5, 5.41) is 2.78. The van der Waals surface area contributed by atoms with Gasteiger partial charge in [0.1, 0.15) is 5.82 Å². The van der Waals surface area contributed by atoms with Crippen molar-refractivity contribution in [3.8, 4) is 0 Å². The second kappa shape index (κ2) is 7.98. The largest absolute Gasteiger partial charge is 0.418 e. The van der Waals surface area contributed by atoms with Gasteiger partial charge in [-0.3, -0.25) is 0 Å². The van der Waals surface area contributed by atoms with E-state index in [1.54, 1.807) is 18.3 Å². The van der Waals surface area contributed by atoms with Crippen molar-refractivity contribution in [2.24, 2.45) is 0 Å². The summed E-state index contributed by atoms with van der Waals surface area (Å²) in [6.07, 6.45) is -2.88. The van der Waals surface area contributed by atoms with Gasteiger partial charge >= 0.3 is 6.18 Å². The summed E-state index contributed by atoms with van der Waals surface area (Å²) in [6, 6.07) is 17.1. The summed E-state index contributed by atoms with van der Waals surface area (Å²) in [7, 11) is 0. The fourth-order valence-electron chi connectivity index (χ4n) is 3.35. The van der Waals surface area contributed by atoms with Gasteiger partial charge in [0, 0.05) is 38.1 Å². The molecule has 1 aliphatic rings. The standard InChI is InChI=1S/C21H20F3N5/c22-21(23,24)17-8-4-5-9-18(17)26-19-10-11-25-20(27-19)29-14-12-28(13-15-29)16-6-2-1-3-7-16/h1-11H,12-15H2,(H,25,26,27). The normalized spacial score (nSPS) is 14.7. The number of aromatic nitrogens is 2. The topological polar surface area (TPSA) is 44.3 Å². The van der Waals surface area contributed by atoms with Crippen LogP contribution in [-0.2, 0) is 6.18 Å². The lowest BCUT2D eigenvalue weighted by Crippen LogP contribution is -2.47. The van der Waals surface area contributed by atoms with Crippen LogP contribution in [0.5, 0.6) is 0 Å². The summed E-state index contributed by atoms with van der Waals surface area (Å²) in [6.45, 7) is 3.11. The zero-order valence-corrected chi connectivity index (χ0v) is 15.6. The average molecular weight is 399 g/mol. The number of rotatable bonds is 4. The summed E-state index contributed by atoms with van der Waals surface area (Å²) < 4.78 is 39.6. The molecular weight excluding hydrogens is 379 g/mol. The number of alkyl halides is 3. The third kappa shape index (κ3) is 4.42. The fourth-order valence-corrected chi connectivity index (χ4v) is 3.35. The molecule has 0 saturated carbocycles. The van der Waals surface area contributed by atoms with E-state index in [1.165, 1.54) is 17.8 Å². The molecular formula is C21H20F3N5. The lowest BCUT2D eigenvalue weighted by atomic mass is 10.1. The second-order valence-electron chi connectivity index (χ2n) is 6.72. The van der Waals surface area contributed by atoms with Crippen LogP contribution in [0.1, 0.15) is 5.56 Å². The van der Waals surface area contributed by atoms with Crippen LogP contribution < -0.4 is 15.1 Å². The van der Waals surface area contributed by atoms with Gasteiger partial charge in [0.25, 0.3) is 0 Å². The van der Waals surface area contributed by atoms with Gasteiger partial charge in [-0.1, -0.05) is 30.3 Å². The monoisotopic (exact) mass is 399 g/mol. The van der Waals surface area contributed by atoms with Crippen LogP contribution >= 0.6 is 0 Å². The lowest BCUT2D eigenvalue weighted by Gasteiger charge is -2.36. The van der Waals surface area contributed by atoms with Crippen molar-refractivity contribution in [2.75, 3.05) is 41.3 Å². The average Bonchev–Trinajstić information content (AvgIpc) is 2.74. The first kappa shape index (κ1) is 19.0. The van der Waals surface area contributed by atoms with Crippen LogP contribution in [0.2, 0.25) is 0 Å². The molecule has 3 aromatic rings. The van der Waals surface area contributed by atoms with Gasteiger partial charge < -0.3 is 15.1 Å². The maximum Gasteiger partial charge on any atom is 0.418 e. The molecule has 0 amide bonds. The van der Waals surface area contributed by atoms with Crippen molar-refractivity contribution in [3.05, 3.63) is 72.4 Å². The Morgan fingerprint density at radius 2 is 1.45 bits per heavy atom. The number of halogens is 3. The van der Waals surface area contributed by atoms with Gasteiger partial charge in [0.15, 0.2) is 0 Å². The second-order valence-corrected chi connectivity index (χ2v) is 6.72. The molecule has 2 aromatic carbocycles. The Bertz CT molecular complexity index is 954. The molecule has 29 heavy (non-hydrogen) atoms. The Balaban J connectivity index is 1.47. The molecule has 0 radical (unpaired) electrons. The van der Waals surface area contributed by atoms with Crippen LogP contribution in [0.4, 0.5) is 36.3 Å². The maximum atomic E-state index is 13.2. The lowest BCUT2D eigenvalue weighted by molar-refractivity contribution is -0.136. The number of anilines is 4. The molecule has 0 spiro atoms. The van der Waals surface area contributed by atoms with Gasteiger partial charge in [-0.2, -0.15) is 18.2 Å². The Kier molecular flexibility index (Phi) is 5.24. The number of hydrogen-bond donors (Lipinski definition) is 1. The summed E-state index contributed by atoms with van der Waals surface area (Å²) in [4.78, 5) is 13.1. The number of nitrogens with zero attached hydrogens (tertiary/aromatic N) is 4. The molecule has 0 aliphatic carbocycles. The van der Waals surface area contributed by atoms with E-state index in [2.05, 4.69) is 32.3 Å². The molecule has 0 bridgehead atoms. The minimum absolute atomic E-state index is 0.0291. The molecule has 4 rings (SSSR count). The Morgan fingerprint density at radius 3 is 2.17 bits per heavy atom. The minimum Gasteiger partial charge on any atom is -0.368 e. The van der Waals surface area contributed by atoms with E-state index in [0.717, 1.165) is 32.2 Å². The molecule has 150 valence electrons. The smallest absolute Gasteiger partial charge is 0.368 e. The summed E-state index contributed by atoms with van der Waals surface area (Å²) in [5.41, 5.74) is 0.419. The molecule has 0 unspecified atom stereocenters. The zero-order chi connectivity index (χ0) is 20.3. The zero-order valence-electron chi connectivity index (χ0n) is 15.6. The molecule has 1 aromatic heterocycles. The van der Waals surface area contributed by atoms with E-state index in [0.29, 0.717) is 11.8 Å². The highest BCUT2D eigenvalue weighted by Crippen LogP contribution is 2.35. The van der Waals surface area contributed by atoms with Crippen molar-refractivity contribution in [3.63, 3.8) is 0 Å². The third-order valence-electron chi connectivity index (χ3n) is 4.82. The highest BCUT2D eigenvalue weighted by atomic mass is 19.4. The number of benzene rings is 2. The van der Waals surface area contributed by atoms with E-state index in [9.17, 15) is 13.2 Å². The molecule has 8 heteroatoms. The van der Waals surface area contributed by atoms with Gasteiger partial charge in [0.05, 0.1) is 11.3 Å². The molecule has 0 atom stereocenters. The van der Waals surface area contributed by atoms with Crippen LogP contribution in [0, 0.1) is 0 Å². The molecule has 1 N–H and O–H groups in total. The predicted octanol–water partition coefficient (Wildman–Crippen LogP) is 4.57. The summed E-state index contributed by atoms with van der Waals surface area (Å²) >= 11 is 0. The minimum atomic E-state index is -4.44. The fraction of sp³-hybridized carbons (Fsp3) is 0.238. The molecule has 5 nitrogen and oxygen atoms in total. The van der Waals surface area contributed by atoms with Crippen molar-refractivity contribution >= 4 is 23.1 Å². The van der Waals surface area contributed by atoms with E-state index in [4.69, 9.17) is 0 Å². The number of para-hydroxylation sites is 2. The van der Waals surface area contributed by atoms with E-state index < -0.39 is 11.7 Å². The number of nitrogens with one attached hydrogen (secondary N) is 1. The van der Waals surface area contributed by atoms with Crippen LogP contribution in [0.15, 0.2) is 66.9 Å². The van der Waals surface area contributed by atoms with Crippen molar-refractivity contribution in [1.29, 1.82) is 0 Å². The highest BCUT2D eigenvalue weighted by molar-refractivity contribution is 5.62. The Hall–Kier alpha value is -3.29. The van der Waals surface area contributed by atoms with E-state index in [1.807, 2.05) is 23.1 Å². The predicted molar refractivity (Wildman–Crippen MR) is 108 cm³/mol. The number of hydrogen-bond acceptors (Lipinski definition) is 5. The SMILES string of the molecule is FC(F)(F)c1ccccc1Nc1ccnc(N2CCN(c3ccccc3)CC2)n1. The maximum absolute atomic E-state index is 13.2. The van der Waals surface area contributed by atoms with Crippen molar-refractivity contribution in [1.82, 2.24) is 9.97 Å². The highest BCUT2D eigenvalue weighted by Gasteiger charge is 2.33. The van der Waals surface area contributed by atoms with Crippen molar-refractivity contribution in [2.45, 2.75) is 6.18 Å². The van der Waals surface area contributed by atoms with Gasteiger partial charge in [-0.25, -0.2) is 4.98 Å². The molecule has 2 heterocycles. The first-order valence-corrected chi connectivity index (χ1v) is 9.32. The number of piperazine rings is 1. The third-order valence-corrected chi connectivity index (χ3v) is 4.82. The van der Waals surface area contributed by atoms with Crippen LogP contribution in [-0.4, -0.2) is 36.1 Å². The molecule has 1 saturated heterocycles.